The Hall–Kier alpha value is -2.95. The summed E-state index contributed by atoms with van der Waals surface area (Å²) in [5.41, 5.74) is 1.70. The van der Waals surface area contributed by atoms with E-state index in [4.69, 9.17) is 9.47 Å². The zero-order valence-corrected chi connectivity index (χ0v) is 13.2. The van der Waals surface area contributed by atoms with E-state index >= 15 is 0 Å². The Labute approximate surface area is 139 Å². The number of ether oxygens (including phenoxy) is 2. The summed E-state index contributed by atoms with van der Waals surface area (Å²) in [5, 5.41) is 0. The molecule has 0 fully saturated rings. The number of nitrogens with zero attached hydrogens (tertiary/aromatic N) is 2. The highest BCUT2D eigenvalue weighted by Crippen LogP contribution is 2.31. The van der Waals surface area contributed by atoms with E-state index in [9.17, 15) is 4.79 Å². The highest BCUT2D eigenvalue weighted by molar-refractivity contribution is 6.19. The maximum atomic E-state index is 12.5. The average molecular weight is 320 g/mol. The van der Waals surface area contributed by atoms with Crippen molar-refractivity contribution in [1.82, 2.24) is 0 Å². The van der Waals surface area contributed by atoms with Crippen molar-refractivity contribution in [2.24, 2.45) is 15.9 Å². The van der Waals surface area contributed by atoms with Crippen LogP contribution in [0.25, 0.3) is 0 Å². The molecule has 2 aliphatic heterocycles. The van der Waals surface area contributed by atoms with Gasteiger partial charge in [-0.3, -0.25) is 4.79 Å². The third-order valence-electron chi connectivity index (χ3n) is 4.07. The van der Waals surface area contributed by atoms with Crippen molar-refractivity contribution in [3.05, 3.63) is 59.7 Å². The van der Waals surface area contributed by atoms with Gasteiger partial charge in [-0.15, -0.1) is 0 Å². The lowest BCUT2D eigenvalue weighted by atomic mass is 9.94. The van der Waals surface area contributed by atoms with E-state index < -0.39 is 5.92 Å². The fourth-order valence-electron chi connectivity index (χ4n) is 2.92. The Morgan fingerprint density at radius 1 is 1.12 bits per heavy atom. The van der Waals surface area contributed by atoms with Crippen LogP contribution in [-0.4, -0.2) is 24.2 Å². The Balaban J connectivity index is 1.74. The molecule has 5 heteroatoms. The molecular weight excluding hydrogens is 304 g/mol. The average Bonchev–Trinajstić information content (AvgIpc) is 2.61. The number of hydrogen-bond donors (Lipinski definition) is 0. The van der Waals surface area contributed by atoms with Gasteiger partial charge >= 0.3 is 0 Å². The van der Waals surface area contributed by atoms with Crippen molar-refractivity contribution >= 4 is 17.6 Å². The molecule has 0 aromatic heterocycles. The normalized spacial score (nSPS) is 18.7. The van der Waals surface area contributed by atoms with E-state index in [0.717, 1.165) is 11.3 Å². The lowest BCUT2D eigenvalue weighted by molar-refractivity contribution is -0.120. The van der Waals surface area contributed by atoms with E-state index in [2.05, 4.69) is 9.98 Å². The van der Waals surface area contributed by atoms with Crippen molar-refractivity contribution in [3.63, 3.8) is 0 Å². The van der Waals surface area contributed by atoms with E-state index in [1.807, 2.05) is 55.5 Å². The number of carbonyl (C=O) groups excluding carboxylic acids is 1. The first-order chi connectivity index (χ1) is 11.8. The summed E-state index contributed by atoms with van der Waals surface area (Å²) in [6.45, 7) is 2.44. The van der Waals surface area contributed by atoms with Crippen LogP contribution >= 0.6 is 0 Å². The summed E-state index contributed by atoms with van der Waals surface area (Å²) in [7, 11) is 0. The van der Waals surface area contributed by atoms with Gasteiger partial charge in [-0.25, -0.2) is 0 Å². The first-order valence-corrected chi connectivity index (χ1v) is 7.95. The molecule has 0 saturated heterocycles. The topological polar surface area (TPSA) is 60.2 Å². The lowest BCUT2D eigenvalue weighted by Crippen LogP contribution is -2.37. The molecular formula is C19H16N2O3. The van der Waals surface area contributed by atoms with Gasteiger partial charge < -0.3 is 9.47 Å². The third kappa shape index (κ3) is 2.48. The number of amidine groups is 1. The maximum absolute atomic E-state index is 12.5. The van der Waals surface area contributed by atoms with Crippen molar-refractivity contribution in [1.29, 1.82) is 0 Å². The van der Waals surface area contributed by atoms with Crippen LogP contribution in [0.15, 0.2) is 58.5 Å². The molecule has 0 spiro atoms. The molecule has 2 aromatic rings. The molecule has 0 radical (unpaired) electrons. The first kappa shape index (κ1) is 14.6. The number of amides is 1. The monoisotopic (exact) mass is 320 g/mol. The fourth-order valence-corrected chi connectivity index (χ4v) is 2.92. The van der Waals surface area contributed by atoms with Gasteiger partial charge in [-0.2, -0.15) is 9.98 Å². The quantitative estimate of drug-likeness (QED) is 0.873. The van der Waals surface area contributed by atoms with E-state index in [0.29, 0.717) is 36.1 Å². The molecule has 4 rings (SSSR count). The molecule has 2 heterocycles. The smallest absolute Gasteiger partial charge is 0.260 e. The predicted molar refractivity (Wildman–Crippen MR) is 90.9 cm³/mol. The number of carbonyl (C=O) groups is 1. The predicted octanol–water partition coefficient (Wildman–Crippen LogP) is 3.02. The minimum Gasteiger partial charge on any atom is -0.493 e. The molecule has 120 valence electrons. The summed E-state index contributed by atoms with van der Waals surface area (Å²) in [5.74, 6) is 1.49. The van der Waals surface area contributed by atoms with Gasteiger partial charge in [0.2, 0.25) is 5.90 Å². The van der Waals surface area contributed by atoms with Crippen LogP contribution in [0.2, 0.25) is 0 Å². The van der Waals surface area contributed by atoms with E-state index in [1.165, 1.54) is 0 Å². The molecule has 0 N–H and O–H groups in total. The number of aliphatic imine (C=N–C) groups is 2. The van der Waals surface area contributed by atoms with Gasteiger partial charge in [0.25, 0.3) is 5.91 Å². The molecule has 24 heavy (non-hydrogen) atoms. The second-order valence-corrected chi connectivity index (χ2v) is 5.62. The van der Waals surface area contributed by atoms with Crippen molar-refractivity contribution in [2.75, 3.05) is 6.61 Å². The van der Waals surface area contributed by atoms with Gasteiger partial charge in [0.1, 0.15) is 17.4 Å². The van der Waals surface area contributed by atoms with Crippen LogP contribution in [0.1, 0.15) is 18.1 Å². The maximum Gasteiger partial charge on any atom is 0.260 e. The number of fused-ring (bicyclic) bond motifs is 2. The molecule has 5 nitrogen and oxygen atoms in total. The summed E-state index contributed by atoms with van der Waals surface area (Å²) in [6, 6.07) is 15.1. The zero-order valence-electron chi connectivity index (χ0n) is 13.2. The Morgan fingerprint density at radius 2 is 1.92 bits per heavy atom. The van der Waals surface area contributed by atoms with Crippen LogP contribution in [0.5, 0.6) is 11.5 Å². The molecule has 1 atom stereocenters. The lowest BCUT2D eigenvalue weighted by Gasteiger charge is -2.27. The van der Waals surface area contributed by atoms with Gasteiger partial charge in [-0.1, -0.05) is 30.3 Å². The molecule has 0 bridgehead atoms. The second kappa shape index (κ2) is 5.92. The molecule has 2 aromatic carbocycles. The summed E-state index contributed by atoms with van der Waals surface area (Å²) in [4.78, 5) is 21.2. The third-order valence-corrected chi connectivity index (χ3v) is 4.07. The number of para-hydroxylation sites is 2. The highest BCUT2D eigenvalue weighted by atomic mass is 16.5. The van der Waals surface area contributed by atoms with Crippen LogP contribution in [0.4, 0.5) is 0 Å². The Morgan fingerprint density at radius 3 is 2.79 bits per heavy atom. The number of rotatable bonds is 3. The fraction of sp³-hybridized carbons (Fsp3) is 0.211. The molecule has 2 aliphatic rings. The van der Waals surface area contributed by atoms with Crippen molar-refractivity contribution in [3.8, 4) is 11.5 Å². The van der Waals surface area contributed by atoms with Crippen molar-refractivity contribution in [2.45, 2.75) is 13.3 Å². The minimum absolute atomic E-state index is 0.226. The van der Waals surface area contributed by atoms with Crippen LogP contribution in [0.3, 0.4) is 0 Å². The Kier molecular flexibility index (Phi) is 3.61. The molecule has 0 saturated carbocycles. The summed E-state index contributed by atoms with van der Waals surface area (Å²) in [6.07, 6.45) is 0.567. The largest absolute Gasteiger partial charge is 0.493 e. The van der Waals surface area contributed by atoms with Gasteiger partial charge in [0.15, 0.2) is 5.84 Å². The van der Waals surface area contributed by atoms with Crippen LogP contribution in [-0.2, 0) is 11.2 Å². The summed E-state index contributed by atoms with van der Waals surface area (Å²) < 4.78 is 11.5. The zero-order chi connectivity index (χ0) is 16.5. The van der Waals surface area contributed by atoms with Gasteiger partial charge in [0.05, 0.1) is 12.2 Å². The van der Waals surface area contributed by atoms with E-state index in [-0.39, 0.29) is 5.91 Å². The second-order valence-electron chi connectivity index (χ2n) is 5.62. The molecule has 0 aliphatic carbocycles. The van der Waals surface area contributed by atoms with Gasteiger partial charge in [-0.05, 0) is 37.1 Å². The standard InChI is InChI=1S/C19H16N2O3/c1-2-23-16-10-6-4-8-13(16)17-20-18(22)14-11-12-7-3-5-9-15(12)24-19(14)21-17/h3-10,14H,2,11H2,1H3. The summed E-state index contributed by atoms with van der Waals surface area (Å²) >= 11 is 0. The van der Waals surface area contributed by atoms with Crippen LogP contribution in [0, 0.1) is 5.92 Å². The van der Waals surface area contributed by atoms with Crippen molar-refractivity contribution < 1.29 is 14.3 Å². The first-order valence-electron chi connectivity index (χ1n) is 7.95. The Bertz CT molecular complexity index is 870. The number of hydrogen-bond acceptors (Lipinski definition) is 4. The van der Waals surface area contributed by atoms with Crippen LogP contribution < -0.4 is 9.47 Å². The van der Waals surface area contributed by atoms with E-state index in [1.54, 1.807) is 0 Å². The van der Waals surface area contributed by atoms with Gasteiger partial charge in [0, 0.05) is 0 Å². The highest BCUT2D eigenvalue weighted by Gasteiger charge is 2.36. The minimum atomic E-state index is -0.442. The molecule has 1 unspecified atom stereocenters. The molecule has 1 amide bonds. The number of benzene rings is 2. The SMILES string of the molecule is CCOc1ccccc1C1=NC(=O)C2Cc3ccccc3OC2=N1.